The van der Waals surface area contributed by atoms with Crippen molar-refractivity contribution in [3.05, 3.63) is 0 Å². The van der Waals surface area contributed by atoms with Crippen LogP contribution in [0.5, 0.6) is 0 Å². The number of aliphatic hydroxyl groups is 1. The van der Waals surface area contributed by atoms with Crippen molar-refractivity contribution in [1.82, 2.24) is 5.32 Å². The molecule has 2 nitrogen and oxygen atoms in total. The van der Waals surface area contributed by atoms with Crippen LogP contribution in [0.3, 0.4) is 0 Å². The van der Waals surface area contributed by atoms with Gasteiger partial charge in [0.1, 0.15) is 0 Å². The summed E-state index contributed by atoms with van der Waals surface area (Å²) >= 11 is 0. The van der Waals surface area contributed by atoms with Crippen LogP contribution in [0.25, 0.3) is 0 Å². The standard InChI is InChI=1S/C7H15NO/c1-2-7-6(5-9)3-4-8-7/h6-9H,2-5H2,1H3/t6-,7-/m0/s1. The van der Waals surface area contributed by atoms with Gasteiger partial charge in [0.2, 0.25) is 0 Å². The average Bonchev–Trinajstić information content (AvgIpc) is 2.33. The molecule has 0 aromatic heterocycles. The Morgan fingerprint density at radius 1 is 1.67 bits per heavy atom. The highest BCUT2D eigenvalue weighted by molar-refractivity contribution is 4.81. The number of hydrogen-bond donors (Lipinski definition) is 2. The van der Waals surface area contributed by atoms with Gasteiger partial charge in [-0.05, 0) is 25.3 Å². The smallest absolute Gasteiger partial charge is 0.0474 e. The minimum Gasteiger partial charge on any atom is -0.396 e. The minimum atomic E-state index is 0.353. The van der Waals surface area contributed by atoms with E-state index in [2.05, 4.69) is 12.2 Å². The molecule has 0 radical (unpaired) electrons. The Kier molecular flexibility index (Phi) is 2.49. The van der Waals surface area contributed by atoms with Crippen molar-refractivity contribution in [2.24, 2.45) is 5.92 Å². The van der Waals surface area contributed by atoms with Gasteiger partial charge >= 0.3 is 0 Å². The normalized spacial score (nSPS) is 35.3. The van der Waals surface area contributed by atoms with Gasteiger partial charge in [0, 0.05) is 12.6 Å². The summed E-state index contributed by atoms with van der Waals surface area (Å²) in [6.45, 7) is 3.60. The van der Waals surface area contributed by atoms with Gasteiger partial charge < -0.3 is 10.4 Å². The molecule has 1 saturated heterocycles. The van der Waals surface area contributed by atoms with Crippen LogP contribution in [-0.4, -0.2) is 24.3 Å². The first-order chi connectivity index (χ1) is 4.38. The van der Waals surface area contributed by atoms with E-state index in [1.807, 2.05) is 0 Å². The Bertz CT molecular complexity index is 75.0. The van der Waals surface area contributed by atoms with E-state index in [1.165, 1.54) is 0 Å². The molecule has 1 rings (SSSR count). The molecule has 0 amide bonds. The van der Waals surface area contributed by atoms with Crippen LogP contribution >= 0.6 is 0 Å². The van der Waals surface area contributed by atoms with Crippen molar-refractivity contribution in [2.75, 3.05) is 13.2 Å². The molecule has 0 aromatic rings. The van der Waals surface area contributed by atoms with E-state index in [0.717, 1.165) is 19.4 Å². The fraction of sp³-hybridized carbons (Fsp3) is 1.00. The summed E-state index contributed by atoms with van der Waals surface area (Å²) in [5.74, 6) is 0.523. The highest BCUT2D eigenvalue weighted by atomic mass is 16.3. The maximum atomic E-state index is 8.83. The third-order valence-electron chi connectivity index (χ3n) is 2.17. The predicted molar refractivity (Wildman–Crippen MR) is 37.3 cm³/mol. The first kappa shape index (κ1) is 7.03. The van der Waals surface area contributed by atoms with Crippen LogP contribution in [0.2, 0.25) is 0 Å². The zero-order valence-corrected chi connectivity index (χ0v) is 5.93. The molecule has 2 atom stereocenters. The molecular formula is C7H15NO. The first-order valence-electron chi connectivity index (χ1n) is 3.72. The van der Waals surface area contributed by atoms with Crippen molar-refractivity contribution >= 4 is 0 Å². The van der Waals surface area contributed by atoms with Gasteiger partial charge in [0.25, 0.3) is 0 Å². The molecule has 0 spiro atoms. The Morgan fingerprint density at radius 2 is 2.44 bits per heavy atom. The minimum absolute atomic E-state index is 0.353. The Morgan fingerprint density at radius 3 is 2.89 bits per heavy atom. The summed E-state index contributed by atoms with van der Waals surface area (Å²) in [4.78, 5) is 0. The topological polar surface area (TPSA) is 32.3 Å². The fourth-order valence-electron chi connectivity index (χ4n) is 1.52. The molecule has 0 aromatic carbocycles. The van der Waals surface area contributed by atoms with E-state index in [-0.39, 0.29) is 0 Å². The number of hydrogen-bond acceptors (Lipinski definition) is 2. The van der Waals surface area contributed by atoms with Gasteiger partial charge in [-0.15, -0.1) is 0 Å². The Labute approximate surface area is 56.3 Å². The van der Waals surface area contributed by atoms with E-state index in [9.17, 15) is 0 Å². The number of aliphatic hydroxyl groups excluding tert-OH is 1. The van der Waals surface area contributed by atoms with Crippen molar-refractivity contribution in [1.29, 1.82) is 0 Å². The van der Waals surface area contributed by atoms with Crippen LogP contribution in [0.15, 0.2) is 0 Å². The average molecular weight is 129 g/mol. The zero-order valence-electron chi connectivity index (χ0n) is 5.93. The lowest BCUT2D eigenvalue weighted by molar-refractivity contribution is 0.212. The second kappa shape index (κ2) is 3.18. The summed E-state index contributed by atoms with van der Waals surface area (Å²) in [6, 6.07) is 0.579. The lowest BCUT2D eigenvalue weighted by Gasteiger charge is -2.13. The molecule has 0 unspecified atom stereocenters. The second-order valence-corrected chi connectivity index (χ2v) is 2.70. The molecule has 1 heterocycles. The van der Waals surface area contributed by atoms with Crippen LogP contribution < -0.4 is 5.32 Å². The van der Waals surface area contributed by atoms with Crippen LogP contribution in [0, 0.1) is 5.92 Å². The molecule has 54 valence electrons. The maximum Gasteiger partial charge on any atom is 0.0474 e. The van der Waals surface area contributed by atoms with E-state index in [0.29, 0.717) is 18.6 Å². The largest absolute Gasteiger partial charge is 0.396 e. The fourth-order valence-corrected chi connectivity index (χ4v) is 1.52. The summed E-state index contributed by atoms with van der Waals surface area (Å²) in [5, 5.41) is 12.2. The molecule has 2 N–H and O–H groups in total. The zero-order chi connectivity index (χ0) is 6.69. The summed E-state index contributed by atoms with van der Waals surface area (Å²) in [6.07, 6.45) is 2.29. The van der Waals surface area contributed by atoms with E-state index in [1.54, 1.807) is 0 Å². The molecule has 1 aliphatic rings. The highest BCUT2D eigenvalue weighted by Gasteiger charge is 2.23. The molecule has 1 aliphatic heterocycles. The van der Waals surface area contributed by atoms with Crippen LogP contribution in [-0.2, 0) is 0 Å². The molecule has 0 bridgehead atoms. The third kappa shape index (κ3) is 1.43. The second-order valence-electron chi connectivity index (χ2n) is 2.70. The van der Waals surface area contributed by atoms with Gasteiger partial charge in [0.15, 0.2) is 0 Å². The molecule has 2 heteroatoms. The highest BCUT2D eigenvalue weighted by Crippen LogP contribution is 2.16. The Hall–Kier alpha value is -0.0800. The van der Waals surface area contributed by atoms with Gasteiger partial charge in [-0.3, -0.25) is 0 Å². The van der Waals surface area contributed by atoms with Gasteiger partial charge in [-0.2, -0.15) is 0 Å². The summed E-state index contributed by atoms with van der Waals surface area (Å²) < 4.78 is 0. The quantitative estimate of drug-likeness (QED) is 0.564. The van der Waals surface area contributed by atoms with Crippen molar-refractivity contribution in [3.8, 4) is 0 Å². The Balaban J connectivity index is 2.32. The van der Waals surface area contributed by atoms with Crippen molar-refractivity contribution in [2.45, 2.75) is 25.8 Å². The van der Waals surface area contributed by atoms with E-state index < -0.39 is 0 Å². The number of nitrogens with one attached hydrogen (secondary N) is 1. The third-order valence-corrected chi connectivity index (χ3v) is 2.17. The molecule has 0 saturated carbocycles. The van der Waals surface area contributed by atoms with Crippen molar-refractivity contribution in [3.63, 3.8) is 0 Å². The summed E-state index contributed by atoms with van der Waals surface area (Å²) in [5.41, 5.74) is 0. The maximum absolute atomic E-state index is 8.83. The van der Waals surface area contributed by atoms with Gasteiger partial charge in [-0.25, -0.2) is 0 Å². The van der Waals surface area contributed by atoms with Crippen LogP contribution in [0.1, 0.15) is 19.8 Å². The van der Waals surface area contributed by atoms with E-state index in [4.69, 9.17) is 5.11 Å². The molecule has 9 heavy (non-hydrogen) atoms. The summed E-state index contributed by atoms with van der Waals surface area (Å²) in [7, 11) is 0. The van der Waals surface area contributed by atoms with E-state index >= 15 is 0 Å². The predicted octanol–water partition coefficient (Wildman–Crippen LogP) is 0.367. The number of rotatable bonds is 2. The van der Waals surface area contributed by atoms with Gasteiger partial charge in [0.05, 0.1) is 0 Å². The monoisotopic (exact) mass is 129 g/mol. The lowest BCUT2D eigenvalue weighted by atomic mass is 10.0. The molecule has 1 fully saturated rings. The molecule has 0 aliphatic carbocycles. The van der Waals surface area contributed by atoms with Crippen molar-refractivity contribution < 1.29 is 5.11 Å². The van der Waals surface area contributed by atoms with Gasteiger partial charge in [-0.1, -0.05) is 6.92 Å². The molecular weight excluding hydrogens is 114 g/mol. The first-order valence-corrected chi connectivity index (χ1v) is 3.72. The van der Waals surface area contributed by atoms with Crippen LogP contribution in [0.4, 0.5) is 0 Å². The SMILES string of the molecule is CC[C@@H]1NCC[C@H]1CO. The lowest BCUT2D eigenvalue weighted by Crippen LogP contribution is -2.27.